The number of aryl methyl sites for hydroxylation is 1. The molecule has 0 bridgehead atoms. The fourth-order valence-electron chi connectivity index (χ4n) is 3.53. The van der Waals surface area contributed by atoms with Crippen LogP contribution in [0.1, 0.15) is 47.2 Å². The van der Waals surface area contributed by atoms with E-state index < -0.39 is 11.9 Å². The normalized spacial score (nSPS) is 17.4. The van der Waals surface area contributed by atoms with Crippen molar-refractivity contribution in [2.45, 2.75) is 32.6 Å². The molecule has 1 aliphatic rings. The highest BCUT2D eigenvalue weighted by Gasteiger charge is 2.29. The first kappa shape index (κ1) is 20.6. The van der Waals surface area contributed by atoms with Crippen LogP contribution in [-0.2, 0) is 9.59 Å². The van der Waals surface area contributed by atoms with E-state index in [2.05, 4.69) is 5.32 Å². The van der Waals surface area contributed by atoms with Crippen molar-refractivity contribution in [3.8, 4) is 0 Å². The predicted octanol–water partition coefficient (Wildman–Crippen LogP) is 3.67. The molecule has 2 amide bonds. The number of carboxylic acids is 1. The van der Waals surface area contributed by atoms with Crippen molar-refractivity contribution in [2.24, 2.45) is 5.92 Å². The maximum atomic E-state index is 12.8. The number of carbonyl (C=O) groups excluding carboxylic acids is 2. The van der Waals surface area contributed by atoms with Gasteiger partial charge in [0.1, 0.15) is 0 Å². The number of hydrogen-bond acceptors (Lipinski definition) is 3. The molecule has 1 aliphatic heterocycles. The van der Waals surface area contributed by atoms with Gasteiger partial charge < -0.3 is 15.3 Å². The summed E-state index contributed by atoms with van der Waals surface area (Å²) in [4.78, 5) is 38.5. The van der Waals surface area contributed by atoms with Gasteiger partial charge in [0.2, 0.25) is 5.91 Å². The first-order valence-electron chi connectivity index (χ1n) is 9.84. The average Bonchev–Trinajstić information content (AvgIpc) is 2.73. The van der Waals surface area contributed by atoms with E-state index >= 15 is 0 Å². The molecular weight excluding hydrogens is 368 g/mol. The molecule has 0 saturated carbocycles. The van der Waals surface area contributed by atoms with Crippen molar-refractivity contribution in [2.75, 3.05) is 18.4 Å². The zero-order chi connectivity index (χ0) is 21.0. The van der Waals surface area contributed by atoms with E-state index in [0.29, 0.717) is 36.3 Å². The number of amides is 2. The lowest BCUT2D eigenvalue weighted by atomic mass is 9.96. The third-order valence-corrected chi connectivity index (χ3v) is 5.40. The zero-order valence-electron chi connectivity index (χ0n) is 16.7. The molecular formula is C23H26N2O4. The van der Waals surface area contributed by atoms with Crippen LogP contribution in [0, 0.1) is 12.8 Å². The predicted molar refractivity (Wildman–Crippen MR) is 111 cm³/mol. The van der Waals surface area contributed by atoms with Crippen LogP contribution in [0.15, 0.2) is 48.5 Å². The molecule has 2 unspecified atom stereocenters. The largest absolute Gasteiger partial charge is 0.481 e. The Hall–Kier alpha value is -3.15. The second kappa shape index (κ2) is 8.90. The van der Waals surface area contributed by atoms with Crippen molar-refractivity contribution in [1.29, 1.82) is 0 Å². The summed E-state index contributed by atoms with van der Waals surface area (Å²) in [7, 11) is 0. The maximum Gasteiger partial charge on any atom is 0.310 e. The van der Waals surface area contributed by atoms with Crippen molar-refractivity contribution in [3.63, 3.8) is 0 Å². The lowest BCUT2D eigenvalue weighted by Crippen LogP contribution is -2.43. The van der Waals surface area contributed by atoms with E-state index in [0.717, 1.165) is 12.0 Å². The second-order valence-electron chi connectivity index (χ2n) is 7.63. The molecule has 1 heterocycles. The lowest BCUT2D eigenvalue weighted by molar-refractivity contribution is -0.138. The molecule has 29 heavy (non-hydrogen) atoms. The Kier molecular flexibility index (Phi) is 6.32. The quantitative estimate of drug-likeness (QED) is 0.810. The van der Waals surface area contributed by atoms with E-state index in [9.17, 15) is 19.5 Å². The number of carbonyl (C=O) groups is 3. The first-order valence-corrected chi connectivity index (χ1v) is 9.84. The van der Waals surface area contributed by atoms with Gasteiger partial charge in [-0.15, -0.1) is 0 Å². The standard InChI is InChI=1S/C23H26N2O4/c1-15-8-10-17(11-9-15)22(27)25-12-4-6-19(14-25)21(26)24-20-7-3-5-18(13-20)16(2)23(28)29/h3,5,7-11,13,16,19H,4,6,12,14H2,1-2H3,(H,24,26)(H,28,29). The van der Waals surface area contributed by atoms with E-state index in [4.69, 9.17) is 0 Å². The summed E-state index contributed by atoms with van der Waals surface area (Å²) in [5.74, 6) is -2.06. The fourth-order valence-corrected chi connectivity index (χ4v) is 3.53. The molecule has 0 radical (unpaired) electrons. The van der Waals surface area contributed by atoms with Crippen molar-refractivity contribution in [1.82, 2.24) is 4.90 Å². The van der Waals surface area contributed by atoms with Crippen molar-refractivity contribution >= 4 is 23.5 Å². The Morgan fingerprint density at radius 1 is 1.14 bits per heavy atom. The number of anilines is 1. The molecule has 6 nitrogen and oxygen atoms in total. The van der Waals surface area contributed by atoms with Crippen LogP contribution >= 0.6 is 0 Å². The Bertz CT molecular complexity index is 907. The lowest BCUT2D eigenvalue weighted by Gasteiger charge is -2.32. The van der Waals surface area contributed by atoms with E-state index in [-0.39, 0.29) is 17.7 Å². The molecule has 2 N–H and O–H groups in total. The first-order chi connectivity index (χ1) is 13.8. The van der Waals surface area contributed by atoms with Crippen LogP contribution in [0.4, 0.5) is 5.69 Å². The van der Waals surface area contributed by atoms with E-state index in [1.54, 1.807) is 36.1 Å². The van der Waals surface area contributed by atoms with Crippen LogP contribution in [0.5, 0.6) is 0 Å². The fraction of sp³-hybridized carbons (Fsp3) is 0.348. The van der Waals surface area contributed by atoms with Gasteiger partial charge in [0, 0.05) is 24.3 Å². The Labute approximate surface area is 170 Å². The SMILES string of the molecule is Cc1ccc(C(=O)N2CCCC(C(=O)Nc3cccc(C(C)C(=O)O)c3)C2)cc1. The highest BCUT2D eigenvalue weighted by molar-refractivity contribution is 5.96. The molecule has 152 valence electrons. The molecule has 3 rings (SSSR count). The number of rotatable bonds is 5. The summed E-state index contributed by atoms with van der Waals surface area (Å²) in [5, 5.41) is 12.1. The molecule has 1 fully saturated rings. The molecule has 2 aromatic rings. The number of aliphatic carboxylic acids is 1. The number of nitrogens with one attached hydrogen (secondary N) is 1. The van der Waals surface area contributed by atoms with E-state index in [1.807, 2.05) is 31.2 Å². The minimum atomic E-state index is -0.911. The van der Waals surface area contributed by atoms with Gasteiger partial charge in [-0.25, -0.2) is 0 Å². The Morgan fingerprint density at radius 3 is 2.55 bits per heavy atom. The van der Waals surface area contributed by atoms with Crippen LogP contribution in [0.2, 0.25) is 0 Å². The van der Waals surface area contributed by atoms with Gasteiger partial charge in [-0.2, -0.15) is 0 Å². The monoisotopic (exact) mass is 394 g/mol. The third kappa shape index (κ3) is 5.02. The van der Waals surface area contributed by atoms with Crippen LogP contribution in [0.25, 0.3) is 0 Å². The number of carboxylic acid groups (broad SMARTS) is 1. The third-order valence-electron chi connectivity index (χ3n) is 5.40. The minimum Gasteiger partial charge on any atom is -0.481 e. The highest BCUT2D eigenvalue weighted by atomic mass is 16.4. The summed E-state index contributed by atoms with van der Waals surface area (Å²) in [6.07, 6.45) is 1.49. The smallest absolute Gasteiger partial charge is 0.310 e. The van der Waals surface area contributed by atoms with Crippen LogP contribution in [0.3, 0.4) is 0 Å². The summed E-state index contributed by atoms with van der Waals surface area (Å²) in [6.45, 7) is 4.60. The molecule has 0 spiro atoms. The second-order valence-corrected chi connectivity index (χ2v) is 7.63. The van der Waals surface area contributed by atoms with Gasteiger partial charge in [-0.05, 0) is 56.5 Å². The molecule has 1 saturated heterocycles. The van der Waals surface area contributed by atoms with Gasteiger partial charge in [0.05, 0.1) is 11.8 Å². The maximum absolute atomic E-state index is 12.8. The summed E-state index contributed by atoms with van der Waals surface area (Å²) in [6, 6.07) is 14.4. The molecule has 0 aliphatic carbocycles. The number of piperidine rings is 1. The van der Waals surface area contributed by atoms with Gasteiger partial charge in [-0.1, -0.05) is 29.8 Å². The number of benzene rings is 2. The van der Waals surface area contributed by atoms with Crippen molar-refractivity contribution < 1.29 is 19.5 Å². The Morgan fingerprint density at radius 2 is 1.86 bits per heavy atom. The molecule has 2 aromatic carbocycles. The number of hydrogen-bond donors (Lipinski definition) is 2. The van der Waals surface area contributed by atoms with Gasteiger partial charge >= 0.3 is 5.97 Å². The molecule has 2 atom stereocenters. The molecule has 0 aromatic heterocycles. The average molecular weight is 394 g/mol. The van der Waals surface area contributed by atoms with Gasteiger partial charge in [0.15, 0.2) is 0 Å². The summed E-state index contributed by atoms with van der Waals surface area (Å²) >= 11 is 0. The van der Waals surface area contributed by atoms with Crippen LogP contribution in [-0.4, -0.2) is 40.9 Å². The zero-order valence-corrected chi connectivity index (χ0v) is 16.7. The van der Waals surface area contributed by atoms with Crippen LogP contribution < -0.4 is 5.32 Å². The van der Waals surface area contributed by atoms with Crippen molar-refractivity contribution in [3.05, 3.63) is 65.2 Å². The summed E-state index contributed by atoms with van der Waals surface area (Å²) in [5.41, 5.74) is 2.93. The van der Waals surface area contributed by atoms with E-state index in [1.165, 1.54) is 0 Å². The van der Waals surface area contributed by atoms with Gasteiger partial charge in [0.25, 0.3) is 5.91 Å². The summed E-state index contributed by atoms with van der Waals surface area (Å²) < 4.78 is 0. The molecule has 6 heteroatoms. The number of likely N-dealkylation sites (tertiary alicyclic amines) is 1. The number of nitrogens with zero attached hydrogens (tertiary/aromatic N) is 1. The highest BCUT2D eigenvalue weighted by Crippen LogP contribution is 2.23. The Balaban J connectivity index is 1.65. The minimum absolute atomic E-state index is 0.0558. The van der Waals surface area contributed by atoms with Gasteiger partial charge in [-0.3, -0.25) is 14.4 Å². The topological polar surface area (TPSA) is 86.7 Å².